The zero-order valence-corrected chi connectivity index (χ0v) is 13.9. The van der Waals surface area contributed by atoms with Crippen molar-refractivity contribution in [1.82, 2.24) is 0 Å². The first-order chi connectivity index (χ1) is 8.27. The van der Waals surface area contributed by atoms with Gasteiger partial charge < -0.3 is 10.2 Å². The van der Waals surface area contributed by atoms with Crippen LogP contribution in [0.15, 0.2) is 43.5 Å². The van der Waals surface area contributed by atoms with Gasteiger partial charge in [0.05, 0.1) is 12.7 Å². The van der Waals surface area contributed by atoms with E-state index in [1.807, 2.05) is 30.3 Å². The topological polar surface area (TPSA) is 115 Å². The van der Waals surface area contributed by atoms with Crippen LogP contribution in [0.2, 0.25) is 0 Å². The molecule has 0 radical (unpaired) electrons. The standard InChI is InChI=1S/C6H5.C3H8O2.C2H4.Na.H2O4S/c1-2-4-6-5-3-1;1-3(5)2-4;1-2;;1-5(2,3)4/h1-5H;3-5H,2H2,1H3;1-2H2;;(H2,1,2,3,4)/q-1;;;+1;. The van der Waals surface area contributed by atoms with Crippen molar-refractivity contribution in [3.63, 3.8) is 0 Å². The normalized spacial score (nSPS) is 9.74. The minimum absolute atomic E-state index is 0. The zero-order chi connectivity index (χ0) is 15.0. The van der Waals surface area contributed by atoms with Crippen molar-refractivity contribution in [3.8, 4) is 0 Å². The van der Waals surface area contributed by atoms with Crippen LogP contribution in [0.25, 0.3) is 0 Å². The molecule has 0 spiro atoms. The van der Waals surface area contributed by atoms with Gasteiger partial charge in [0, 0.05) is 0 Å². The molecule has 1 atom stereocenters. The van der Waals surface area contributed by atoms with Gasteiger partial charge in [-0.3, -0.25) is 9.11 Å². The van der Waals surface area contributed by atoms with E-state index in [2.05, 4.69) is 19.2 Å². The van der Waals surface area contributed by atoms with Gasteiger partial charge in [0.2, 0.25) is 0 Å². The van der Waals surface area contributed by atoms with Crippen LogP contribution in [0.1, 0.15) is 6.92 Å². The minimum atomic E-state index is -4.67. The van der Waals surface area contributed by atoms with E-state index in [-0.39, 0.29) is 36.2 Å². The predicted molar refractivity (Wildman–Crippen MR) is 69.5 cm³/mol. The maximum atomic E-state index is 8.74. The quantitative estimate of drug-likeness (QED) is 0.206. The van der Waals surface area contributed by atoms with Crippen molar-refractivity contribution in [2.75, 3.05) is 6.61 Å². The Hall–Kier alpha value is -0.250. The van der Waals surface area contributed by atoms with Crippen molar-refractivity contribution in [2.45, 2.75) is 13.0 Å². The van der Waals surface area contributed by atoms with Crippen LogP contribution in [-0.4, -0.2) is 40.4 Å². The second-order valence-electron chi connectivity index (χ2n) is 2.56. The average molecular weight is 302 g/mol. The van der Waals surface area contributed by atoms with Crippen LogP contribution < -0.4 is 29.6 Å². The summed E-state index contributed by atoms with van der Waals surface area (Å²) in [5, 5.41) is 16.0. The van der Waals surface area contributed by atoms with Crippen LogP contribution >= 0.6 is 0 Å². The summed E-state index contributed by atoms with van der Waals surface area (Å²) < 4.78 is 31.6. The maximum Gasteiger partial charge on any atom is 1.00 e. The smallest absolute Gasteiger partial charge is 0.394 e. The summed E-state index contributed by atoms with van der Waals surface area (Å²) >= 11 is 0. The van der Waals surface area contributed by atoms with Crippen molar-refractivity contribution in [3.05, 3.63) is 49.6 Å². The molecule has 0 aromatic heterocycles. The molecule has 0 aliphatic rings. The monoisotopic (exact) mass is 302 g/mol. The van der Waals surface area contributed by atoms with Gasteiger partial charge in [-0.25, -0.2) is 0 Å². The molecule has 1 aromatic rings. The summed E-state index contributed by atoms with van der Waals surface area (Å²) in [7, 11) is -4.67. The SMILES string of the molecule is C=C.CC(O)CO.O=S(=O)(O)O.[Na+].[c-]1ccccc1. The van der Waals surface area contributed by atoms with Gasteiger partial charge in [0.25, 0.3) is 0 Å². The third-order valence-electron chi connectivity index (χ3n) is 0.871. The molecule has 0 amide bonds. The van der Waals surface area contributed by atoms with E-state index in [1.54, 1.807) is 0 Å². The Morgan fingerprint density at radius 3 is 1.47 bits per heavy atom. The molecule has 0 heterocycles. The summed E-state index contributed by atoms with van der Waals surface area (Å²) in [6, 6.07) is 12.5. The molecule has 1 aromatic carbocycles. The fraction of sp³-hybridized carbons (Fsp3) is 0.273. The van der Waals surface area contributed by atoms with Crippen molar-refractivity contribution in [2.24, 2.45) is 0 Å². The summed E-state index contributed by atoms with van der Waals surface area (Å²) in [6.07, 6.45) is -0.560. The molecule has 106 valence electrons. The third kappa shape index (κ3) is 73.3. The Kier molecular flexibility index (Phi) is 28.7. The third-order valence-corrected chi connectivity index (χ3v) is 0.871. The van der Waals surface area contributed by atoms with Crippen LogP contribution in [0.5, 0.6) is 0 Å². The largest absolute Gasteiger partial charge is 1.00 e. The Balaban J connectivity index is -0.0000000819. The van der Waals surface area contributed by atoms with Crippen molar-refractivity contribution < 1.29 is 57.3 Å². The zero-order valence-electron chi connectivity index (χ0n) is 11.1. The average Bonchev–Trinajstić information content (AvgIpc) is 2.32. The number of benzene rings is 1. The first-order valence-electron chi connectivity index (χ1n) is 4.67. The number of aliphatic hydroxyl groups excluding tert-OH is 2. The van der Waals surface area contributed by atoms with E-state index >= 15 is 0 Å². The summed E-state index contributed by atoms with van der Waals surface area (Å²) in [5.74, 6) is 0. The molecule has 4 N–H and O–H groups in total. The molecule has 0 aliphatic carbocycles. The van der Waals surface area contributed by atoms with Crippen LogP contribution in [0, 0.1) is 6.07 Å². The number of rotatable bonds is 1. The van der Waals surface area contributed by atoms with Gasteiger partial charge in [-0.2, -0.15) is 44.8 Å². The molecule has 6 nitrogen and oxygen atoms in total. The van der Waals surface area contributed by atoms with Gasteiger partial charge in [0.15, 0.2) is 0 Å². The molecular formula is C11H19NaO6S. The predicted octanol–water partition coefficient (Wildman–Crippen LogP) is -2.00. The molecular weight excluding hydrogens is 283 g/mol. The molecule has 0 saturated heterocycles. The molecule has 0 bridgehead atoms. The second-order valence-corrected chi connectivity index (χ2v) is 3.45. The van der Waals surface area contributed by atoms with E-state index in [4.69, 9.17) is 27.7 Å². The summed E-state index contributed by atoms with van der Waals surface area (Å²) in [5.41, 5.74) is 0. The molecule has 1 unspecified atom stereocenters. The van der Waals surface area contributed by atoms with Crippen molar-refractivity contribution in [1.29, 1.82) is 0 Å². The van der Waals surface area contributed by atoms with Crippen LogP contribution in [0.3, 0.4) is 0 Å². The number of hydrogen-bond donors (Lipinski definition) is 4. The Morgan fingerprint density at radius 2 is 1.42 bits per heavy atom. The summed E-state index contributed by atoms with van der Waals surface area (Å²) in [6.45, 7) is 7.39. The summed E-state index contributed by atoms with van der Waals surface area (Å²) in [4.78, 5) is 0. The first kappa shape index (κ1) is 27.2. The Morgan fingerprint density at radius 1 is 1.16 bits per heavy atom. The number of hydrogen-bond acceptors (Lipinski definition) is 4. The van der Waals surface area contributed by atoms with Gasteiger partial charge >= 0.3 is 40.0 Å². The molecule has 8 heteroatoms. The van der Waals surface area contributed by atoms with Crippen LogP contribution in [0.4, 0.5) is 0 Å². The van der Waals surface area contributed by atoms with Crippen LogP contribution in [-0.2, 0) is 10.4 Å². The Bertz CT molecular complexity index is 307. The van der Waals surface area contributed by atoms with Gasteiger partial charge in [0.1, 0.15) is 0 Å². The molecule has 0 saturated carbocycles. The molecule has 19 heavy (non-hydrogen) atoms. The fourth-order valence-electron chi connectivity index (χ4n) is 0.342. The second kappa shape index (κ2) is 20.1. The number of aliphatic hydroxyl groups is 2. The van der Waals surface area contributed by atoms with E-state index in [1.165, 1.54) is 6.92 Å². The Labute approximate surface area is 136 Å². The van der Waals surface area contributed by atoms with E-state index < -0.39 is 16.5 Å². The molecule has 0 fully saturated rings. The minimum Gasteiger partial charge on any atom is -0.394 e. The first-order valence-corrected chi connectivity index (χ1v) is 6.07. The van der Waals surface area contributed by atoms with E-state index in [0.717, 1.165) is 0 Å². The van der Waals surface area contributed by atoms with E-state index in [9.17, 15) is 0 Å². The van der Waals surface area contributed by atoms with Gasteiger partial charge in [-0.15, -0.1) is 13.2 Å². The van der Waals surface area contributed by atoms with Gasteiger partial charge in [-0.05, 0) is 6.92 Å². The maximum absolute atomic E-state index is 8.74. The molecule has 1 rings (SSSR count). The van der Waals surface area contributed by atoms with Gasteiger partial charge in [-0.1, -0.05) is 0 Å². The van der Waals surface area contributed by atoms with E-state index in [0.29, 0.717) is 0 Å². The van der Waals surface area contributed by atoms with Crippen molar-refractivity contribution >= 4 is 10.4 Å². The fourth-order valence-corrected chi connectivity index (χ4v) is 0.342. The molecule has 0 aliphatic heterocycles.